The van der Waals surface area contributed by atoms with E-state index in [1.54, 1.807) is 24.3 Å². The van der Waals surface area contributed by atoms with Crippen LogP contribution in [-0.2, 0) is 10.0 Å². The average molecular weight is 321 g/mol. The Morgan fingerprint density at radius 2 is 1.77 bits per heavy atom. The molecule has 22 heavy (non-hydrogen) atoms. The van der Waals surface area contributed by atoms with Gasteiger partial charge in [0, 0.05) is 11.6 Å². The van der Waals surface area contributed by atoms with E-state index < -0.39 is 15.8 Å². The summed E-state index contributed by atoms with van der Waals surface area (Å²) in [6.07, 6.45) is 0. The van der Waals surface area contributed by atoms with Gasteiger partial charge in [-0.25, -0.2) is 13.6 Å². The van der Waals surface area contributed by atoms with Crippen LogP contribution in [0.1, 0.15) is 21.5 Å². The van der Waals surface area contributed by atoms with E-state index in [1.807, 2.05) is 6.92 Å². The SMILES string of the molecule is COc1cc(O)c(C(=O)c2ccc(C)cc2)cc1S(N)(=O)=O. The zero-order valence-electron chi connectivity index (χ0n) is 12.0. The fourth-order valence-corrected chi connectivity index (χ4v) is 2.68. The van der Waals surface area contributed by atoms with E-state index in [2.05, 4.69) is 0 Å². The highest BCUT2D eigenvalue weighted by atomic mass is 32.2. The molecule has 0 aromatic heterocycles. The Morgan fingerprint density at radius 3 is 2.27 bits per heavy atom. The number of primary sulfonamides is 1. The largest absolute Gasteiger partial charge is 0.507 e. The van der Waals surface area contributed by atoms with Crippen molar-refractivity contribution in [2.75, 3.05) is 7.11 Å². The summed E-state index contributed by atoms with van der Waals surface area (Å²) in [5.74, 6) is -1.01. The van der Waals surface area contributed by atoms with Crippen molar-refractivity contribution >= 4 is 15.8 Å². The van der Waals surface area contributed by atoms with Crippen LogP contribution in [0.3, 0.4) is 0 Å². The monoisotopic (exact) mass is 321 g/mol. The summed E-state index contributed by atoms with van der Waals surface area (Å²) < 4.78 is 28.0. The van der Waals surface area contributed by atoms with Crippen LogP contribution in [-0.4, -0.2) is 26.4 Å². The second-order valence-corrected chi connectivity index (χ2v) is 6.29. The lowest BCUT2D eigenvalue weighted by molar-refractivity contribution is 0.103. The summed E-state index contributed by atoms with van der Waals surface area (Å²) in [7, 11) is -2.85. The van der Waals surface area contributed by atoms with Crippen molar-refractivity contribution < 1.29 is 23.1 Å². The number of nitrogens with two attached hydrogens (primary N) is 1. The van der Waals surface area contributed by atoms with Gasteiger partial charge >= 0.3 is 0 Å². The van der Waals surface area contributed by atoms with Crippen molar-refractivity contribution in [2.24, 2.45) is 5.14 Å². The molecule has 0 heterocycles. The minimum Gasteiger partial charge on any atom is -0.507 e. The van der Waals surface area contributed by atoms with Gasteiger partial charge in [0.05, 0.1) is 12.7 Å². The van der Waals surface area contributed by atoms with Crippen molar-refractivity contribution in [3.63, 3.8) is 0 Å². The summed E-state index contributed by atoms with van der Waals surface area (Å²) in [6, 6.07) is 8.76. The highest BCUT2D eigenvalue weighted by Gasteiger charge is 2.22. The number of carbonyl (C=O) groups excluding carboxylic acids is 1. The lowest BCUT2D eigenvalue weighted by Crippen LogP contribution is -2.15. The molecule has 116 valence electrons. The number of methoxy groups -OCH3 is 1. The Bertz CT molecular complexity index is 826. The van der Waals surface area contributed by atoms with Gasteiger partial charge in [-0.1, -0.05) is 29.8 Å². The van der Waals surface area contributed by atoms with Gasteiger partial charge < -0.3 is 9.84 Å². The van der Waals surface area contributed by atoms with Gasteiger partial charge in [-0.15, -0.1) is 0 Å². The van der Waals surface area contributed by atoms with Gasteiger partial charge in [0.1, 0.15) is 16.4 Å². The van der Waals surface area contributed by atoms with E-state index >= 15 is 0 Å². The second-order valence-electron chi connectivity index (χ2n) is 4.76. The number of aryl methyl sites for hydroxylation is 1. The Morgan fingerprint density at radius 1 is 1.18 bits per heavy atom. The fraction of sp³-hybridized carbons (Fsp3) is 0.133. The Balaban J connectivity index is 2.60. The molecule has 2 rings (SSSR count). The molecule has 0 amide bonds. The molecule has 0 bridgehead atoms. The predicted molar refractivity (Wildman–Crippen MR) is 80.6 cm³/mol. The topological polar surface area (TPSA) is 107 Å². The van der Waals surface area contributed by atoms with Crippen LogP contribution in [0.5, 0.6) is 11.5 Å². The molecular formula is C15H15NO5S. The number of hydrogen-bond donors (Lipinski definition) is 2. The first-order valence-electron chi connectivity index (χ1n) is 6.29. The Kier molecular flexibility index (Phi) is 4.20. The lowest BCUT2D eigenvalue weighted by Gasteiger charge is -2.11. The maximum Gasteiger partial charge on any atom is 0.241 e. The third kappa shape index (κ3) is 3.10. The van der Waals surface area contributed by atoms with E-state index in [4.69, 9.17) is 9.88 Å². The standard InChI is InChI=1S/C15H15NO5S/c1-9-3-5-10(6-4-9)15(18)11-7-14(22(16,19)20)13(21-2)8-12(11)17/h3-8,17H,1-2H3,(H2,16,19,20). The first-order valence-corrected chi connectivity index (χ1v) is 7.84. The van der Waals surface area contributed by atoms with Gasteiger partial charge in [-0.3, -0.25) is 4.79 Å². The number of benzene rings is 2. The molecule has 0 fully saturated rings. The number of sulfonamides is 1. The summed E-state index contributed by atoms with van der Waals surface area (Å²) in [5, 5.41) is 15.1. The van der Waals surface area contributed by atoms with Crippen molar-refractivity contribution in [1.82, 2.24) is 0 Å². The average Bonchev–Trinajstić information content (AvgIpc) is 2.45. The Labute approximate surface area is 128 Å². The van der Waals surface area contributed by atoms with Crippen LogP contribution in [0.15, 0.2) is 41.3 Å². The number of ether oxygens (including phenoxy) is 1. The third-order valence-corrected chi connectivity index (χ3v) is 4.08. The summed E-state index contributed by atoms with van der Waals surface area (Å²) >= 11 is 0. The first-order chi connectivity index (χ1) is 10.2. The lowest BCUT2D eigenvalue weighted by atomic mass is 10.0. The maximum absolute atomic E-state index is 12.4. The molecule has 2 aromatic rings. The second kappa shape index (κ2) is 5.78. The third-order valence-electron chi connectivity index (χ3n) is 3.15. The van der Waals surface area contributed by atoms with Gasteiger partial charge in [0.15, 0.2) is 5.78 Å². The van der Waals surface area contributed by atoms with E-state index in [9.17, 15) is 18.3 Å². The molecule has 0 atom stereocenters. The molecule has 0 radical (unpaired) electrons. The van der Waals surface area contributed by atoms with Crippen LogP contribution in [0.25, 0.3) is 0 Å². The summed E-state index contributed by atoms with van der Waals surface area (Å²) in [6.45, 7) is 1.87. The highest BCUT2D eigenvalue weighted by Crippen LogP contribution is 2.32. The van der Waals surface area contributed by atoms with Crippen molar-refractivity contribution in [1.29, 1.82) is 0 Å². The van der Waals surface area contributed by atoms with Gasteiger partial charge in [-0.05, 0) is 13.0 Å². The van der Waals surface area contributed by atoms with E-state index in [-0.39, 0.29) is 22.0 Å². The summed E-state index contributed by atoms with van der Waals surface area (Å²) in [5.41, 5.74) is 1.14. The van der Waals surface area contributed by atoms with Crippen LogP contribution in [0.4, 0.5) is 0 Å². The zero-order valence-corrected chi connectivity index (χ0v) is 12.8. The number of aromatic hydroxyl groups is 1. The van der Waals surface area contributed by atoms with E-state index in [1.165, 1.54) is 7.11 Å². The molecule has 3 N–H and O–H groups in total. The molecular weight excluding hydrogens is 306 g/mol. The number of ketones is 1. The van der Waals surface area contributed by atoms with Crippen LogP contribution in [0.2, 0.25) is 0 Å². The molecule has 0 aliphatic rings. The first kappa shape index (κ1) is 16.0. The number of phenols is 1. The Hall–Kier alpha value is -2.38. The predicted octanol–water partition coefficient (Wildman–Crippen LogP) is 1.59. The van der Waals surface area contributed by atoms with Crippen molar-refractivity contribution in [2.45, 2.75) is 11.8 Å². The minimum atomic E-state index is -4.10. The molecule has 0 aliphatic heterocycles. The molecule has 0 saturated heterocycles. The van der Waals surface area contributed by atoms with Gasteiger partial charge in [0.2, 0.25) is 10.0 Å². The molecule has 0 spiro atoms. The fourth-order valence-electron chi connectivity index (χ4n) is 1.97. The molecule has 0 saturated carbocycles. The van der Waals surface area contributed by atoms with Gasteiger partial charge in [-0.2, -0.15) is 0 Å². The highest BCUT2D eigenvalue weighted by molar-refractivity contribution is 7.89. The normalized spacial score (nSPS) is 11.2. The number of carbonyl (C=O) groups is 1. The minimum absolute atomic E-state index is 0.125. The quantitative estimate of drug-likeness (QED) is 0.832. The molecule has 7 heteroatoms. The van der Waals surface area contributed by atoms with E-state index in [0.29, 0.717) is 5.56 Å². The molecule has 0 aliphatic carbocycles. The van der Waals surface area contributed by atoms with Gasteiger partial charge in [0.25, 0.3) is 0 Å². The summed E-state index contributed by atoms with van der Waals surface area (Å²) in [4.78, 5) is 12.1. The van der Waals surface area contributed by atoms with Crippen LogP contribution < -0.4 is 9.88 Å². The smallest absolute Gasteiger partial charge is 0.241 e. The molecule has 6 nitrogen and oxygen atoms in total. The van der Waals surface area contributed by atoms with Crippen molar-refractivity contribution in [3.8, 4) is 11.5 Å². The number of hydrogen-bond acceptors (Lipinski definition) is 5. The molecule has 0 unspecified atom stereocenters. The number of rotatable bonds is 4. The molecule has 2 aromatic carbocycles. The zero-order chi connectivity index (χ0) is 16.5. The van der Waals surface area contributed by atoms with Crippen LogP contribution in [0, 0.1) is 6.92 Å². The van der Waals surface area contributed by atoms with E-state index in [0.717, 1.165) is 17.7 Å². The number of phenolic OH excluding ortho intramolecular Hbond substituents is 1. The van der Waals surface area contributed by atoms with Crippen LogP contribution >= 0.6 is 0 Å². The van der Waals surface area contributed by atoms with Crippen molar-refractivity contribution in [3.05, 3.63) is 53.1 Å². The maximum atomic E-state index is 12.4.